The van der Waals surface area contributed by atoms with Gasteiger partial charge in [-0.1, -0.05) is 37.3 Å². The topological polar surface area (TPSA) is 110 Å². The third-order valence-electron chi connectivity index (χ3n) is 4.01. The lowest BCUT2D eigenvalue weighted by Crippen LogP contribution is -2.26. The Bertz CT molecular complexity index is 759. The molecule has 25 heavy (non-hydrogen) atoms. The average Bonchev–Trinajstić information content (AvgIpc) is 2.60. The number of aliphatic carboxylic acids is 1. The van der Waals surface area contributed by atoms with Gasteiger partial charge in [-0.15, -0.1) is 0 Å². The number of anilines is 1. The molecule has 7 heteroatoms. The minimum absolute atomic E-state index is 0.0842. The van der Waals surface area contributed by atoms with E-state index >= 15 is 0 Å². The van der Waals surface area contributed by atoms with E-state index in [1.165, 1.54) is 24.3 Å². The molecule has 0 saturated carbocycles. The van der Waals surface area contributed by atoms with Crippen molar-refractivity contribution in [3.05, 3.63) is 70.3 Å². The molecule has 2 rings (SSSR count). The first-order valence-corrected chi connectivity index (χ1v) is 7.70. The minimum Gasteiger partial charge on any atom is -0.481 e. The second kappa shape index (κ2) is 8.05. The summed E-state index contributed by atoms with van der Waals surface area (Å²) in [6.07, 6.45) is -0.192. The Morgan fingerprint density at radius 3 is 2.24 bits per heavy atom. The van der Waals surface area contributed by atoms with Gasteiger partial charge in [-0.05, 0) is 23.6 Å². The zero-order chi connectivity index (χ0) is 18.4. The van der Waals surface area contributed by atoms with Crippen LogP contribution in [0.25, 0.3) is 0 Å². The van der Waals surface area contributed by atoms with Crippen LogP contribution in [-0.4, -0.2) is 21.9 Å². The standard InChI is InChI=1S/C18H18N2O5/c1-12(13-5-3-2-4-6-13)16(18(22)23)11-17(21)19-14-7-9-15(10-8-14)20(24)25/h2-10,12,16H,11H2,1H3,(H,19,21)(H,22,23)/t12-,16+/m1/s1. The van der Waals surface area contributed by atoms with E-state index in [0.29, 0.717) is 5.69 Å². The molecule has 0 aliphatic carbocycles. The Balaban J connectivity index is 2.05. The predicted octanol–water partition coefficient (Wildman–Crippen LogP) is 3.43. The molecule has 0 aromatic heterocycles. The number of carbonyl (C=O) groups excluding carboxylic acids is 1. The number of non-ortho nitro benzene ring substituents is 1. The minimum atomic E-state index is -1.05. The van der Waals surface area contributed by atoms with Crippen LogP contribution in [0.4, 0.5) is 11.4 Å². The monoisotopic (exact) mass is 342 g/mol. The smallest absolute Gasteiger partial charge is 0.307 e. The summed E-state index contributed by atoms with van der Waals surface area (Å²) in [7, 11) is 0. The lowest BCUT2D eigenvalue weighted by atomic mass is 9.85. The van der Waals surface area contributed by atoms with Gasteiger partial charge in [0.2, 0.25) is 5.91 Å². The van der Waals surface area contributed by atoms with E-state index in [9.17, 15) is 24.8 Å². The van der Waals surface area contributed by atoms with Crippen LogP contribution in [0.5, 0.6) is 0 Å². The summed E-state index contributed by atoms with van der Waals surface area (Å²) >= 11 is 0. The zero-order valence-corrected chi connectivity index (χ0v) is 13.6. The lowest BCUT2D eigenvalue weighted by molar-refractivity contribution is -0.384. The second-order valence-electron chi connectivity index (χ2n) is 5.70. The molecule has 0 aliphatic heterocycles. The Kier molecular flexibility index (Phi) is 5.84. The molecule has 1 amide bonds. The molecule has 0 saturated heterocycles. The summed E-state index contributed by atoms with van der Waals surface area (Å²) < 4.78 is 0. The van der Waals surface area contributed by atoms with Gasteiger partial charge in [0.25, 0.3) is 5.69 Å². The summed E-state index contributed by atoms with van der Waals surface area (Å²) in [5.74, 6) is -2.71. The summed E-state index contributed by atoms with van der Waals surface area (Å²) in [5.41, 5.74) is 1.14. The normalized spacial score (nSPS) is 12.8. The number of benzene rings is 2. The molecule has 7 nitrogen and oxygen atoms in total. The summed E-state index contributed by atoms with van der Waals surface area (Å²) in [6, 6.07) is 14.5. The van der Waals surface area contributed by atoms with Crippen LogP contribution in [0.15, 0.2) is 54.6 Å². The first kappa shape index (κ1) is 18.1. The highest BCUT2D eigenvalue weighted by Gasteiger charge is 2.28. The fourth-order valence-corrected chi connectivity index (χ4v) is 2.55. The van der Waals surface area contributed by atoms with Crippen molar-refractivity contribution in [2.24, 2.45) is 5.92 Å². The highest BCUT2D eigenvalue weighted by atomic mass is 16.6. The van der Waals surface area contributed by atoms with Gasteiger partial charge in [-0.2, -0.15) is 0 Å². The van der Waals surface area contributed by atoms with Gasteiger partial charge < -0.3 is 10.4 Å². The number of nitro groups is 1. The first-order chi connectivity index (χ1) is 11.9. The maximum absolute atomic E-state index is 12.2. The van der Waals surface area contributed by atoms with Gasteiger partial charge in [0, 0.05) is 24.2 Å². The fraction of sp³-hybridized carbons (Fsp3) is 0.222. The van der Waals surface area contributed by atoms with Crippen LogP contribution in [0.1, 0.15) is 24.8 Å². The van der Waals surface area contributed by atoms with E-state index < -0.39 is 22.7 Å². The number of nitrogens with one attached hydrogen (secondary N) is 1. The van der Waals surface area contributed by atoms with E-state index in [1.807, 2.05) is 30.3 Å². The van der Waals surface area contributed by atoms with Crippen molar-refractivity contribution in [3.8, 4) is 0 Å². The molecule has 2 aromatic carbocycles. The zero-order valence-electron chi connectivity index (χ0n) is 13.6. The quantitative estimate of drug-likeness (QED) is 0.592. The molecule has 130 valence electrons. The molecule has 0 fully saturated rings. The molecule has 0 bridgehead atoms. The molecular formula is C18H18N2O5. The van der Waals surface area contributed by atoms with Gasteiger partial charge in [0.15, 0.2) is 0 Å². The molecule has 0 heterocycles. The van der Waals surface area contributed by atoms with Gasteiger partial charge in [0.05, 0.1) is 10.8 Å². The number of nitrogens with zero attached hydrogens (tertiary/aromatic N) is 1. The Hall–Kier alpha value is -3.22. The van der Waals surface area contributed by atoms with Crippen LogP contribution in [0.2, 0.25) is 0 Å². The number of carboxylic acid groups (broad SMARTS) is 1. The van der Waals surface area contributed by atoms with E-state index in [4.69, 9.17) is 0 Å². The highest BCUT2D eigenvalue weighted by molar-refractivity contribution is 5.93. The van der Waals surface area contributed by atoms with Crippen molar-refractivity contribution in [2.75, 3.05) is 5.32 Å². The molecule has 0 radical (unpaired) electrons. The predicted molar refractivity (Wildman–Crippen MR) is 92.3 cm³/mol. The van der Waals surface area contributed by atoms with E-state index in [-0.39, 0.29) is 18.0 Å². The van der Waals surface area contributed by atoms with E-state index in [1.54, 1.807) is 6.92 Å². The van der Waals surface area contributed by atoms with Crippen LogP contribution in [0, 0.1) is 16.0 Å². The molecule has 0 spiro atoms. The van der Waals surface area contributed by atoms with Gasteiger partial charge >= 0.3 is 5.97 Å². The van der Waals surface area contributed by atoms with Crippen LogP contribution < -0.4 is 5.32 Å². The number of amides is 1. The number of carboxylic acids is 1. The van der Waals surface area contributed by atoms with Crippen LogP contribution in [0.3, 0.4) is 0 Å². The van der Waals surface area contributed by atoms with Gasteiger partial charge in [-0.25, -0.2) is 0 Å². The maximum atomic E-state index is 12.2. The average molecular weight is 342 g/mol. The third-order valence-corrected chi connectivity index (χ3v) is 4.01. The summed E-state index contributed by atoms with van der Waals surface area (Å²) in [4.78, 5) is 33.8. The summed E-state index contributed by atoms with van der Waals surface area (Å²) in [5, 5.41) is 22.7. The van der Waals surface area contributed by atoms with Gasteiger partial charge in [0.1, 0.15) is 0 Å². The van der Waals surface area contributed by atoms with Crippen molar-refractivity contribution in [2.45, 2.75) is 19.3 Å². The van der Waals surface area contributed by atoms with E-state index in [0.717, 1.165) is 5.56 Å². The maximum Gasteiger partial charge on any atom is 0.307 e. The lowest BCUT2D eigenvalue weighted by Gasteiger charge is -2.20. The van der Waals surface area contributed by atoms with Crippen molar-refractivity contribution >= 4 is 23.3 Å². The Labute approximate surface area is 144 Å². The summed E-state index contributed by atoms with van der Waals surface area (Å²) in [6.45, 7) is 1.77. The first-order valence-electron chi connectivity index (χ1n) is 7.70. The Morgan fingerprint density at radius 1 is 1.12 bits per heavy atom. The Morgan fingerprint density at radius 2 is 1.72 bits per heavy atom. The van der Waals surface area contributed by atoms with Crippen molar-refractivity contribution in [3.63, 3.8) is 0 Å². The van der Waals surface area contributed by atoms with E-state index in [2.05, 4.69) is 5.32 Å². The molecular weight excluding hydrogens is 324 g/mol. The fourth-order valence-electron chi connectivity index (χ4n) is 2.55. The highest BCUT2D eigenvalue weighted by Crippen LogP contribution is 2.27. The molecule has 0 aliphatic rings. The number of rotatable bonds is 7. The second-order valence-corrected chi connectivity index (χ2v) is 5.70. The molecule has 2 N–H and O–H groups in total. The number of hydrogen-bond acceptors (Lipinski definition) is 4. The van der Waals surface area contributed by atoms with Crippen molar-refractivity contribution < 1.29 is 19.6 Å². The van der Waals surface area contributed by atoms with Crippen molar-refractivity contribution in [1.29, 1.82) is 0 Å². The number of carbonyl (C=O) groups is 2. The van der Waals surface area contributed by atoms with Crippen LogP contribution >= 0.6 is 0 Å². The SMILES string of the molecule is C[C@H](c1ccccc1)[C@H](CC(=O)Nc1ccc([N+](=O)[O-])cc1)C(=O)O. The van der Waals surface area contributed by atoms with Crippen molar-refractivity contribution in [1.82, 2.24) is 0 Å². The largest absolute Gasteiger partial charge is 0.481 e. The molecule has 0 unspecified atom stereocenters. The van der Waals surface area contributed by atoms with Gasteiger partial charge in [-0.3, -0.25) is 19.7 Å². The molecule has 2 aromatic rings. The molecule has 2 atom stereocenters. The number of hydrogen-bond donors (Lipinski definition) is 2. The third kappa shape index (κ3) is 4.87. The number of nitro benzene ring substituents is 1. The van der Waals surface area contributed by atoms with Crippen LogP contribution in [-0.2, 0) is 9.59 Å².